The van der Waals surface area contributed by atoms with Gasteiger partial charge in [-0.15, -0.1) is 0 Å². The molecule has 2 aromatic rings. The molecule has 0 spiro atoms. The summed E-state index contributed by atoms with van der Waals surface area (Å²) in [6.45, 7) is 5.13. The van der Waals surface area contributed by atoms with Crippen molar-refractivity contribution in [2.24, 2.45) is 0 Å². The number of nitrogens with zero attached hydrogens (tertiary/aromatic N) is 3. The number of aromatic nitrogens is 2. The highest BCUT2D eigenvalue weighted by Gasteiger charge is 2.21. The molecule has 9 heteroatoms. The number of hydrogen-bond donors (Lipinski definition) is 1. The Bertz CT molecular complexity index is 1020. The highest BCUT2D eigenvalue weighted by Crippen LogP contribution is 2.29. The van der Waals surface area contributed by atoms with Gasteiger partial charge < -0.3 is 14.8 Å². The Labute approximate surface area is 198 Å². The molecule has 0 saturated carbocycles. The molecule has 0 unspecified atom stereocenters. The van der Waals surface area contributed by atoms with Crippen molar-refractivity contribution in [2.45, 2.75) is 43.7 Å². The van der Waals surface area contributed by atoms with Gasteiger partial charge in [-0.2, -0.15) is 4.98 Å². The van der Waals surface area contributed by atoms with Crippen LogP contribution in [0.15, 0.2) is 34.1 Å². The fourth-order valence-electron chi connectivity index (χ4n) is 4.44. The topological polar surface area (TPSA) is 85.7 Å². The lowest BCUT2D eigenvalue weighted by Crippen LogP contribution is -2.38. The Balaban J connectivity index is 1.41. The second-order valence-corrected chi connectivity index (χ2v) is 9.29. The maximum Gasteiger partial charge on any atom is 0.348 e. The van der Waals surface area contributed by atoms with Gasteiger partial charge in [0.1, 0.15) is 10.8 Å². The van der Waals surface area contributed by atoms with E-state index in [0.29, 0.717) is 23.0 Å². The van der Waals surface area contributed by atoms with Gasteiger partial charge >= 0.3 is 5.69 Å². The Morgan fingerprint density at radius 1 is 1.18 bits per heavy atom. The second kappa shape index (κ2) is 11.7. The van der Waals surface area contributed by atoms with Crippen molar-refractivity contribution in [1.82, 2.24) is 14.5 Å². The highest BCUT2D eigenvalue weighted by atomic mass is 32.2. The molecule has 0 atom stereocenters. The van der Waals surface area contributed by atoms with E-state index in [-0.39, 0.29) is 17.3 Å². The van der Waals surface area contributed by atoms with E-state index in [2.05, 4.69) is 15.2 Å². The minimum absolute atomic E-state index is 0.148. The summed E-state index contributed by atoms with van der Waals surface area (Å²) in [7, 11) is 1.58. The summed E-state index contributed by atoms with van der Waals surface area (Å²) in [5.41, 5.74) is 2.68. The van der Waals surface area contributed by atoms with E-state index < -0.39 is 0 Å². The van der Waals surface area contributed by atoms with Crippen molar-refractivity contribution in [1.29, 1.82) is 0 Å². The Kier molecular flexibility index (Phi) is 8.41. The molecule has 2 heterocycles. The number of amides is 1. The SMILES string of the molecule is COc1ccccc1NC(=O)CSc1nc(=O)n(CCCN2CCOCC2)c2c1CCCC2. The first-order valence-corrected chi connectivity index (χ1v) is 12.6. The number of ether oxygens (including phenoxy) is 2. The molecule has 1 N–H and O–H groups in total. The average Bonchev–Trinajstić information content (AvgIpc) is 2.85. The van der Waals surface area contributed by atoms with E-state index in [1.807, 2.05) is 16.7 Å². The van der Waals surface area contributed by atoms with Gasteiger partial charge in [0.25, 0.3) is 0 Å². The second-order valence-electron chi connectivity index (χ2n) is 8.33. The van der Waals surface area contributed by atoms with Crippen LogP contribution >= 0.6 is 11.8 Å². The van der Waals surface area contributed by atoms with Gasteiger partial charge in [0.2, 0.25) is 5.91 Å². The Morgan fingerprint density at radius 2 is 1.97 bits per heavy atom. The minimum atomic E-state index is -0.203. The van der Waals surface area contributed by atoms with Crippen LogP contribution < -0.4 is 15.7 Å². The molecule has 2 aliphatic rings. The summed E-state index contributed by atoms with van der Waals surface area (Å²) in [5.74, 6) is 0.661. The fourth-order valence-corrected chi connectivity index (χ4v) is 5.32. The first-order chi connectivity index (χ1) is 16.2. The molecule has 1 aliphatic heterocycles. The lowest BCUT2D eigenvalue weighted by molar-refractivity contribution is -0.113. The quantitative estimate of drug-likeness (QED) is 0.443. The van der Waals surface area contributed by atoms with Crippen LogP contribution in [0, 0.1) is 0 Å². The third-order valence-corrected chi connectivity index (χ3v) is 7.15. The van der Waals surface area contributed by atoms with Gasteiger partial charge in [0.05, 0.1) is 31.8 Å². The van der Waals surface area contributed by atoms with Crippen molar-refractivity contribution in [3.05, 3.63) is 46.0 Å². The first kappa shape index (κ1) is 23.8. The summed E-state index contributed by atoms with van der Waals surface area (Å²) in [6.07, 6.45) is 4.88. The number of para-hydroxylation sites is 2. The molecular formula is C24H32N4O4S. The highest BCUT2D eigenvalue weighted by molar-refractivity contribution is 8.00. The van der Waals surface area contributed by atoms with Gasteiger partial charge in [0, 0.05) is 37.4 Å². The van der Waals surface area contributed by atoms with Crippen molar-refractivity contribution >= 4 is 23.4 Å². The molecule has 1 fully saturated rings. The zero-order chi connectivity index (χ0) is 23.0. The van der Waals surface area contributed by atoms with Gasteiger partial charge in [-0.1, -0.05) is 23.9 Å². The van der Waals surface area contributed by atoms with Crippen molar-refractivity contribution in [3.63, 3.8) is 0 Å². The van der Waals surface area contributed by atoms with Crippen molar-refractivity contribution < 1.29 is 14.3 Å². The number of fused-ring (bicyclic) bond motifs is 1. The van der Waals surface area contributed by atoms with Crippen LogP contribution in [0.1, 0.15) is 30.5 Å². The van der Waals surface area contributed by atoms with E-state index >= 15 is 0 Å². The summed E-state index contributed by atoms with van der Waals surface area (Å²) < 4.78 is 12.6. The van der Waals surface area contributed by atoms with Gasteiger partial charge in [-0.25, -0.2) is 4.79 Å². The molecule has 8 nitrogen and oxygen atoms in total. The Morgan fingerprint density at radius 3 is 2.79 bits per heavy atom. The molecule has 1 amide bonds. The summed E-state index contributed by atoms with van der Waals surface area (Å²) in [6, 6.07) is 7.32. The monoisotopic (exact) mass is 472 g/mol. The van der Waals surface area contributed by atoms with Crippen LogP contribution in [-0.4, -0.2) is 66.1 Å². The molecule has 1 aromatic heterocycles. The third kappa shape index (κ3) is 6.16. The normalized spacial score (nSPS) is 16.3. The largest absolute Gasteiger partial charge is 0.495 e. The molecule has 1 aromatic carbocycles. The first-order valence-electron chi connectivity index (χ1n) is 11.6. The molecular weight excluding hydrogens is 440 g/mol. The maximum absolute atomic E-state index is 12.9. The van der Waals surface area contributed by atoms with Crippen molar-refractivity contribution in [2.75, 3.05) is 51.0 Å². The molecule has 1 saturated heterocycles. The van der Waals surface area contributed by atoms with E-state index in [0.717, 1.165) is 76.2 Å². The van der Waals surface area contributed by atoms with Crippen LogP contribution in [0.25, 0.3) is 0 Å². The summed E-state index contributed by atoms with van der Waals surface area (Å²) in [5, 5.41) is 3.59. The third-order valence-electron chi connectivity index (χ3n) is 6.13. The molecule has 178 valence electrons. The predicted molar refractivity (Wildman–Crippen MR) is 129 cm³/mol. The van der Waals surface area contributed by atoms with Gasteiger partial charge in [0.15, 0.2) is 0 Å². The summed E-state index contributed by atoms with van der Waals surface area (Å²) >= 11 is 1.35. The zero-order valence-corrected chi connectivity index (χ0v) is 20.0. The predicted octanol–water partition coefficient (Wildman–Crippen LogP) is 2.58. The minimum Gasteiger partial charge on any atom is -0.495 e. The van der Waals surface area contributed by atoms with E-state index in [1.165, 1.54) is 11.8 Å². The van der Waals surface area contributed by atoms with E-state index in [9.17, 15) is 9.59 Å². The lowest BCUT2D eigenvalue weighted by atomic mass is 9.97. The number of anilines is 1. The summed E-state index contributed by atoms with van der Waals surface area (Å²) in [4.78, 5) is 32.2. The number of benzene rings is 1. The number of hydrogen-bond acceptors (Lipinski definition) is 7. The Hall–Kier alpha value is -2.36. The number of carbonyl (C=O) groups is 1. The van der Waals surface area contributed by atoms with E-state index in [4.69, 9.17) is 9.47 Å². The number of nitrogens with one attached hydrogen (secondary N) is 1. The molecule has 0 bridgehead atoms. The number of thioether (sulfide) groups is 1. The van der Waals surface area contributed by atoms with Crippen LogP contribution in [0.2, 0.25) is 0 Å². The van der Waals surface area contributed by atoms with E-state index in [1.54, 1.807) is 19.2 Å². The van der Waals surface area contributed by atoms with Crippen LogP contribution in [0.4, 0.5) is 5.69 Å². The van der Waals surface area contributed by atoms with Crippen LogP contribution in [0.5, 0.6) is 5.75 Å². The zero-order valence-electron chi connectivity index (χ0n) is 19.2. The fraction of sp³-hybridized carbons (Fsp3) is 0.542. The maximum atomic E-state index is 12.9. The molecule has 1 aliphatic carbocycles. The van der Waals surface area contributed by atoms with Gasteiger partial charge in [-0.3, -0.25) is 14.3 Å². The molecule has 33 heavy (non-hydrogen) atoms. The van der Waals surface area contributed by atoms with Crippen LogP contribution in [-0.2, 0) is 28.9 Å². The molecule has 0 radical (unpaired) electrons. The molecule has 4 rings (SSSR count). The smallest absolute Gasteiger partial charge is 0.348 e. The van der Waals surface area contributed by atoms with Crippen molar-refractivity contribution in [3.8, 4) is 5.75 Å². The number of carbonyl (C=O) groups excluding carboxylic acids is 1. The number of morpholine rings is 1. The average molecular weight is 473 g/mol. The lowest BCUT2D eigenvalue weighted by Gasteiger charge is -2.27. The number of methoxy groups -OCH3 is 1. The standard InChI is InChI=1S/C24H32N4O4S/c1-31-21-10-5-3-8-19(21)25-22(29)17-33-23-18-7-2-4-9-20(18)28(24(30)26-23)12-6-11-27-13-15-32-16-14-27/h3,5,8,10H,2,4,6-7,9,11-17H2,1H3,(H,25,29). The van der Waals surface area contributed by atoms with Gasteiger partial charge in [-0.05, 0) is 44.2 Å². The number of rotatable bonds is 9. The van der Waals surface area contributed by atoms with Crippen LogP contribution in [0.3, 0.4) is 0 Å².